The highest BCUT2D eigenvalue weighted by Gasteiger charge is 2.15. The van der Waals surface area contributed by atoms with Crippen LogP contribution >= 0.6 is 0 Å². The van der Waals surface area contributed by atoms with E-state index in [0.29, 0.717) is 6.04 Å². The largest absolute Gasteiger partial charge is 0.371 e. The summed E-state index contributed by atoms with van der Waals surface area (Å²) in [7, 11) is 0. The van der Waals surface area contributed by atoms with Crippen molar-refractivity contribution >= 4 is 5.69 Å². The maximum Gasteiger partial charge on any atom is 0.0414 e. The number of benzene rings is 1. The molecule has 0 amide bonds. The first kappa shape index (κ1) is 14.4. The number of para-hydroxylation sites is 1. The van der Waals surface area contributed by atoms with E-state index in [1.807, 2.05) is 0 Å². The molecule has 1 aliphatic heterocycles. The van der Waals surface area contributed by atoms with Gasteiger partial charge in [-0.2, -0.15) is 0 Å². The Morgan fingerprint density at radius 2 is 1.68 bits per heavy atom. The van der Waals surface area contributed by atoms with Gasteiger partial charge in [-0.25, -0.2) is 0 Å². The van der Waals surface area contributed by atoms with E-state index in [2.05, 4.69) is 48.3 Å². The lowest BCUT2D eigenvalue weighted by Crippen LogP contribution is -2.29. The molecule has 2 heteroatoms. The average Bonchev–Trinajstić information content (AvgIpc) is 2.39. The maximum atomic E-state index is 3.54. The second kappa shape index (κ2) is 7.54. The van der Waals surface area contributed by atoms with Crippen molar-refractivity contribution in [2.75, 3.05) is 24.5 Å². The Morgan fingerprint density at radius 3 is 2.37 bits per heavy atom. The fourth-order valence-corrected chi connectivity index (χ4v) is 3.05. The lowest BCUT2D eigenvalue weighted by atomic mass is 10.0. The molecule has 1 N–H and O–H groups in total. The van der Waals surface area contributed by atoms with Crippen LogP contribution in [0.1, 0.15) is 57.6 Å². The molecule has 106 valence electrons. The van der Waals surface area contributed by atoms with Gasteiger partial charge in [0.15, 0.2) is 0 Å². The van der Waals surface area contributed by atoms with Crippen LogP contribution in [-0.4, -0.2) is 19.6 Å². The van der Waals surface area contributed by atoms with Crippen molar-refractivity contribution in [1.29, 1.82) is 0 Å². The van der Waals surface area contributed by atoms with Gasteiger partial charge >= 0.3 is 0 Å². The van der Waals surface area contributed by atoms with Crippen LogP contribution in [0.3, 0.4) is 0 Å². The third-order valence-electron chi connectivity index (χ3n) is 4.11. The summed E-state index contributed by atoms with van der Waals surface area (Å²) in [6.45, 7) is 7.91. The maximum absolute atomic E-state index is 3.54. The number of hydrogen-bond acceptors (Lipinski definition) is 2. The van der Waals surface area contributed by atoms with Gasteiger partial charge in [-0.15, -0.1) is 0 Å². The number of rotatable bonds is 4. The lowest BCUT2D eigenvalue weighted by Gasteiger charge is -2.30. The van der Waals surface area contributed by atoms with Crippen molar-refractivity contribution in [1.82, 2.24) is 5.32 Å². The van der Waals surface area contributed by atoms with Gasteiger partial charge in [-0.1, -0.05) is 44.4 Å². The molecule has 0 saturated carbocycles. The van der Waals surface area contributed by atoms with E-state index in [9.17, 15) is 0 Å². The summed E-state index contributed by atoms with van der Waals surface area (Å²) in [5.41, 5.74) is 2.89. The predicted molar refractivity (Wildman–Crippen MR) is 83.8 cm³/mol. The van der Waals surface area contributed by atoms with E-state index >= 15 is 0 Å². The van der Waals surface area contributed by atoms with Gasteiger partial charge in [-0.05, 0) is 37.9 Å². The average molecular weight is 260 g/mol. The van der Waals surface area contributed by atoms with E-state index in [4.69, 9.17) is 0 Å². The molecule has 2 nitrogen and oxygen atoms in total. The Kier molecular flexibility index (Phi) is 5.71. The molecule has 19 heavy (non-hydrogen) atoms. The molecule has 1 heterocycles. The van der Waals surface area contributed by atoms with Crippen LogP contribution in [0.15, 0.2) is 24.3 Å². The van der Waals surface area contributed by atoms with Crippen molar-refractivity contribution in [2.45, 2.75) is 52.0 Å². The highest BCUT2D eigenvalue weighted by Crippen LogP contribution is 2.28. The molecule has 1 aromatic rings. The third-order valence-corrected chi connectivity index (χ3v) is 4.11. The first-order chi connectivity index (χ1) is 9.33. The van der Waals surface area contributed by atoms with E-state index in [1.54, 1.807) is 0 Å². The summed E-state index contributed by atoms with van der Waals surface area (Å²) in [5, 5.41) is 3.54. The Labute approximate surface area is 118 Å². The quantitative estimate of drug-likeness (QED) is 0.875. The van der Waals surface area contributed by atoms with Gasteiger partial charge in [0.05, 0.1) is 0 Å². The minimum absolute atomic E-state index is 0.437. The third kappa shape index (κ3) is 3.97. The van der Waals surface area contributed by atoms with Crippen molar-refractivity contribution in [3.8, 4) is 0 Å². The Morgan fingerprint density at radius 1 is 1.05 bits per heavy atom. The molecule has 0 aliphatic carbocycles. The minimum atomic E-state index is 0.437. The molecule has 0 aromatic heterocycles. The molecule has 1 aromatic carbocycles. The molecular weight excluding hydrogens is 232 g/mol. The van der Waals surface area contributed by atoms with Crippen molar-refractivity contribution in [2.24, 2.45) is 0 Å². The summed E-state index contributed by atoms with van der Waals surface area (Å²) in [5.74, 6) is 0. The summed E-state index contributed by atoms with van der Waals surface area (Å²) in [6, 6.07) is 9.35. The zero-order chi connectivity index (χ0) is 13.5. The highest BCUT2D eigenvalue weighted by atomic mass is 15.1. The molecule has 0 bridgehead atoms. The summed E-state index contributed by atoms with van der Waals surface area (Å²) in [6.07, 6.45) is 6.87. The summed E-state index contributed by atoms with van der Waals surface area (Å²) >= 11 is 0. The van der Waals surface area contributed by atoms with Crippen molar-refractivity contribution in [3.63, 3.8) is 0 Å². The number of nitrogens with one attached hydrogen (secondary N) is 1. The monoisotopic (exact) mass is 260 g/mol. The normalized spacial score (nSPS) is 18.7. The zero-order valence-electron chi connectivity index (χ0n) is 12.5. The Hall–Kier alpha value is -1.02. The van der Waals surface area contributed by atoms with Gasteiger partial charge in [0.1, 0.15) is 0 Å². The molecule has 1 fully saturated rings. The standard InChI is InChI=1S/C17H28N2/c1-3-18-15(2)16-11-7-8-12-17(16)19-13-9-5-4-6-10-14-19/h7-8,11-12,15,18H,3-6,9-10,13-14H2,1-2H3. The lowest BCUT2D eigenvalue weighted by molar-refractivity contribution is 0.549. The van der Waals surface area contributed by atoms with Gasteiger partial charge in [0.25, 0.3) is 0 Å². The second-order valence-corrected chi connectivity index (χ2v) is 5.59. The summed E-state index contributed by atoms with van der Waals surface area (Å²) in [4.78, 5) is 2.60. The molecule has 1 atom stereocenters. The molecular formula is C17H28N2. The fraction of sp³-hybridized carbons (Fsp3) is 0.647. The molecule has 2 rings (SSSR count). The molecule has 1 saturated heterocycles. The van der Waals surface area contributed by atoms with Gasteiger partial charge < -0.3 is 10.2 Å². The smallest absolute Gasteiger partial charge is 0.0414 e. The van der Waals surface area contributed by atoms with Gasteiger partial charge in [0.2, 0.25) is 0 Å². The Bertz CT molecular complexity index is 367. The van der Waals surface area contributed by atoms with E-state index in [-0.39, 0.29) is 0 Å². The number of anilines is 1. The van der Waals surface area contributed by atoms with Crippen molar-refractivity contribution in [3.05, 3.63) is 29.8 Å². The van der Waals surface area contributed by atoms with E-state index in [1.165, 1.54) is 56.4 Å². The number of hydrogen-bond donors (Lipinski definition) is 1. The first-order valence-electron chi connectivity index (χ1n) is 7.90. The van der Waals surface area contributed by atoms with Crippen LogP contribution in [0.25, 0.3) is 0 Å². The number of nitrogens with zero attached hydrogens (tertiary/aromatic N) is 1. The predicted octanol–water partition coefficient (Wildman–Crippen LogP) is 4.13. The van der Waals surface area contributed by atoms with Crippen LogP contribution in [0, 0.1) is 0 Å². The van der Waals surface area contributed by atoms with Gasteiger partial charge in [-0.3, -0.25) is 0 Å². The van der Waals surface area contributed by atoms with Crippen LogP contribution in [-0.2, 0) is 0 Å². The molecule has 1 unspecified atom stereocenters. The molecule has 0 spiro atoms. The topological polar surface area (TPSA) is 15.3 Å². The van der Waals surface area contributed by atoms with Crippen LogP contribution in [0.4, 0.5) is 5.69 Å². The molecule has 0 radical (unpaired) electrons. The van der Waals surface area contributed by atoms with Crippen LogP contribution < -0.4 is 10.2 Å². The van der Waals surface area contributed by atoms with Gasteiger partial charge in [0, 0.05) is 24.8 Å². The SMILES string of the molecule is CCNC(C)c1ccccc1N1CCCCCCC1. The molecule has 1 aliphatic rings. The van der Waals surface area contributed by atoms with Crippen molar-refractivity contribution < 1.29 is 0 Å². The minimum Gasteiger partial charge on any atom is -0.371 e. The van der Waals surface area contributed by atoms with E-state index < -0.39 is 0 Å². The highest BCUT2D eigenvalue weighted by molar-refractivity contribution is 5.55. The van der Waals surface area contributed by atoms with Crippen LogP contribution in [0.2, 0.25) is 0 Å². The second-order valence-electron chi connectivity index (χ2n) is 5.59. The summed E-state index contributed by atoms with van der Waals surface area (Å²) < 4.78 is 0. The zero-order valence-corrected chi connectivity index (χ0v) is 12.5. The van der Waals surface area contributed by atoms with Crippen LogP contribution in [0.5, 0.6) is 0 Å². The Balaban J connectivity index is 2.17. The van der Waals surface area contributed by atoms with E-state index in [0.717, 1.165) is 6.54 Å². The first-order valence-corrected chi connectivity index (χ1v) is 7.90. The fourth-order valence-electron chi connectivity index (χ4n) is 3.05.